The maximum absolute atomic E-state index is 12.3. The minimum atomic E-state index is -0.884. The Labute approximate surface area is 123 Å². The summed E-state index contributed by atoms with van der Waals surface area (Å²) in [6.45, 7) is 9.69. The number of hydrogen-bond acceptors (Lipinski definition) is 3. The average molecular weight is 295 g/mol. The fourth-order valence-corrected chi connectivity index (χ4v) is 4.07. The topological polar surface area (TPSA) is 66.4 Å². The molecule has 0 bridgehead atoms. The Bertz CT molecular complexity index is 561. The molecule has 0 radical (unpaired) electrons. The standard InChI is InChI=1S/C15H21NO3S/c1-7-6-10(9(3)20-7)8(2)16-13(17)11-12(14(18)19)15(11,4)5/h6,8,11-12H,1-5H3,(H,16,17)(H,18,19). The largest absolute Gasteiger partial charge is 0.481 e. The van der Waals surface area contributed by atoms with Crippen molar-refractivity contribution >= 4 is 23.2 Å². The van der Waals surface area contributed by atoms with E-state index in [1.54, 1.807) is 11.3 Å². The van der Waals surface area contributed by atoms with E-state index < -0.39 is 23.2 Å². The maximum Gasteiger partial charge on any atom is 0.307 e. The number of hydrogen-bond donors (Lipinski definition) is 2. The SMILES string of the molecule is Cc1cc(C(C)NC(=O)C2C(C(=O)O)C2(C)C)c(C)s1. The summed E-state index contributed by atoms with van der Waals surface area (Å²) in [5.41, 5.74) is 0.668. The lowest BCUT2D eigenvalue weighted by Gasteiger charge is -2.14. The van der Waals surface area contributed by atoms with E-state index in [-0.39, 0.29) is 11.9 Å². The highest BCUT2D eigenvalue weighted by molar-refractivity contribution is 7.12. The quantitative estimate of drug-likeness (QED) is 0.897. The van der Waals surface area contributed by atoms with Gasteiger partial charge in [-0.2, -0.15) is 0 Å². The molecular weight excluding hydrogens is 274 g/mol. The highest BCUT2D eigenvalue weighted by Gasteiger charge is 2.65. The van der Waals surface area contributed by atoms with Crippen molar-refractivity contribution in [3.8, 4) is 0 Å². The van der Waals surface area contributed by atoms with Crippen molar-refractivity contribution in [1.29, 1.82) is 0 Å². The van der Waals surface area contributed by atoms with Crippen LogP contribution in [0.25, 0.3) is 0 Å². The molecule has 1 aromatic rings. The third-order valence-corrected chi connectivity index (χ3v) is 5.26. The van der Waals surface area contributed by atoms with Gasteiger partial charge in [-0.05, 0) is 37.8 Å². The van der Waals surface area contributed by atoms with Gasteiger partial charge in [0.1, 0.15) is 0 Å². The van der Waals surface area contributed by atoms with Crippen LogP contribution in [0.2, 0.25) is 0 Å². The highest BCUT2D eigenvalue weighted by atomic mass is 32.1. The van der Waals surface area contributed by atoms with E-state index in [0.717, 1.165) is 5.56 Å². The number of nitrogens with one attached hydrogen (secondary N) is 1. The van der Waals surface area contributed by atoms with Gasteiger partial charge < -0.3 is 10.4 Å². The molecule has 1 aliphatic carbocycles. The van der Waals surface area contributed by atoms with Crippen LogP contribution in [0.4, 0.5) is 0 Å². The van der Waals surface area contributed by atoms with Crippen molar-refractivity contribution < 1.29 is 14.7 Å². The van der Waals surface area contributed by atoms with E-state index in [9.17, 15) is 9.59 Å². The zero-order valence-corrected chi connectivity index (χ0v) is 13.3. The number of carboxylic acids is 1. The summed E-state index contributed by atoms with van der Waals surface area (Å²) in [6, 6.07) is 2.00. The van der Waals surface area contributed by atoms with Crippen molar-refractivity contribution in [3.63, 3.8) is 0 Å². The number of thiophene rings is 1. The van der Waals surface area contributed by atoms with Gasteiger partial charge in [0.05, 0.1) is 17.9 Å². The van der Waals surface area contributed by atoms with Gasteiger partial charge in [-0.15, -0.1) is 11.3 Å². The molecule has 0 aromatic carbocycles. The lowest BCUT2D eigenvalue weighted by molar-refractivity contribution is -0.140. The minimum absolute atomic E-state index is 0.0849. The number of amides is 1. The van der Waals surface area contributed by atoms with Crippen LogP contribution < -0.4 is 5.32 Å². The summed E-state index contributed by atoms with van der Waals surface area (Å²) in [5, 5.41) is 12.1. The van der Waals surface area contributed by atoms with Crippen molar-refractivity contribution in [2.75, 3.05) is 0 Å². The second-order valence-corrected chi connectivity index (χ2v) is 7.67. The molecule has 0 saturated heterocycles. The Morgan fingerprint density at radius 2 is 1.95 bits per heavy atom. The van der Waals surface area contributed by atoms with E-state index >= 15 is 0 Å². The third kappa shape index (κ3) is 2.46. The number of aryl methyl sites for hydroxylation is 2. The molecule has 0 aliphatic heterocycles. The lowest BCUT2D eigenvalue weighted by atomic mass is 10.1. The zero-order valence-electron chi connectivity index (χ0n) is 12.5. The van der Waals surface area contributed by atoms with Gasteiger partial charge in [-0.25, -0.2) is 0 Å². The molecule has 1 fully saturated rings. The van der Waals surface area contributed by atoms with Gasteiger partial charge in [-0.1, -0.05) is 13.8 Å². The zero-order chi connectivity index (χ0) is 15.2. The summed E-state index contributed by atoms with van der Waals surface area (Å²) in [6.07, 6.45) is 0. The van der Waals surface area contributed by atoms with Crippen LogP contribution in [0.1, 0.15) is 42.1 Å². The molecule has 2 rings (SSSR count). The molecule has 1 aliphatic rings. The summed E-state index contributed by atoms with van der Waals surface area (Å²) >= 11 is 1.71. The summed E-state index contributed by atoms with van der Waals surface area (Å²) in [7, 11) is 0. The first kappa shape index (κ1) is 15.0. The van der Waals surface area contributed by atoms with Crippen molar-refractivity contribution in [2.24, 2.45) is 17.3 Å². The van der Waals surface area contributed by atoms with Crippen LogP contribution in [0.3, 0.4) is 0 Å². The van der Waals surface area contributed by atoms with E-state index in [4.69, 9.17) is 5.11 Å². The second kappa shape index (κ2) is 4.88. The first-order chi connectivity index (χ1) is 9.16. The molecule has 1 aromatic heterocycles. The monoisotopic (exact) mass is 295 g/mol. The molecule has 3 unspecified atom stereocenters. The van der Waals surface area contributed by atoms with Crippen molar-refractivity contribution in [3.05, 3.63) is 21.4 Å². The van der Waals surface area contributed by atoms with E-state index in [0.29, 0.717) is 0 Å². The molecule has 110 valence electrons. The van der Waals surface area contributed by atoms with Crippen LogP contribution in [-0.4, -0.2) is 17.0 Å². The fourth-order valence-electron chi connectivity index (χ4n) is 3.05. The smallest absolute Gasteiger partial charge is 0.307 e. The van der Waals surface area contributed by atoms with Crippen LogP contribution in [0.15, 0.2) is 6.07 Å². The van der Waals surface area contributed by atoms with Crippen molar-refractivity contribution in [1.82, 2.24) is 5.32 Å². The Kier molecular flexibility index (Phi) is 3.67. The highest BCUT2D eigenvalue weighted by Crippen LogP contribution is 2.58. The Hall–Kier alpha value is -1.36. The van der Waals surface area contributed by atoms with Gasteiger partial charge in [0, 0.05) is 9.75 Å². The third-order valence-electron chi connectivity index (χ3n) is 4.28. The molecule has 20 heavy (non-hydrogen) atoms. The average Bonchev–Trinajstić information content (AvgIpc) is 2.72. The van der Waals surface area contributed by atoms with E-state index in [2.05, 4.69) is 11.4 Å². The Morgan fingerprint density at radius 1 is 1.35 bits per heavy atom. The van der Waals surface area contributed by atoms with Crippen molar-refractivity contribution in [2.45, 2.75) is 40.7 Å². The molecule has 4 nitrogen and oxygen atoms in total. The number of rotatable bonds is 4. The minimum Gasteiger partial charge on any atom is -0.481 e. The number of carbonyl (C=O) groups is 2. The molecule has 5 heteroatoms. The molecule has 2 N–H and O–H groups in total. The molecular formula is C15H21NO3S. The van der Waals surface area contributed by atoms with Crippen LogP contribution in [-0.2, 0) is 9.59 Å². The molecule has 3 atom stereocenters. The number of carbonyl (C=O) groups excluding carboxylic acids is 1. The summed E-state index contributed by atoms with van der Waals surface area (Å²) in [4.78, 5) is 25.8. The van der Waals surface area contributed by atoms with Crippen LogP contribution >= 0.6 is 11.3 Å². The Balaban J connectivity index is 2.06. The van der Waals surface area contributed by atoms with Gasteiger partial charge in [0.2, 0.25) is 5.91 Å². The van der Waals surface area contributed by atoms with Gasteiger partial charge in [-0.3, -0.25) is 9.59 Å². The number of aliphatic carboxylic acids is 1. The molecule has 1 amide bonds. The van der Waals surface area contributed by atoms with Gasteiger partial charge in [0.25, 0.3) is 0 Å². The normalized spacial score (nSPS) is 25.1. The van der Waals surface area contributed by atoms with E-state index in [1.807, 2.05) is 34.6 Å². The Morgan fingerprint density at radius 3 is 2.35 bits per heavy atom. The molecule has 1 saturated carbocycles. The molecule has 0 spiro atoms. The number of carboxylic acid groups (broad SMARTS) is 1. The van der Waals surface area contributed by atoms with Crippen LogP contribution in [0.5, 0.6) is 0 Å². The second-order valence-electron chi connectivity index (χ2n) is 6.21. The lowest BCUT2D eigenvalue weighted by Crippen LogP contribution is -2.30. The van der Waals surface area contributed by atoms with Gasteiger partial charge in [0.15, 0.2) is 0 Å². The van der Waals surface area contributed by atoms with Gasteiger partial charge >= 0.3 is 5.97 Å². The molecule has 1 heterocycles. The predicted molar refractivity (Wildman–Crippen MR) is 78.7 cm³/mol. The van der Waals surface area contributed by atoms with Crippen LogP contribution in [0, 0.1) is 31.1 Å². The first-order valence-corrected chi connectivity index (χ1v) is 7.58. The fraction of sp³-hybridized carbons (Fsp3) is 0.600. The predicted octanol–water partition coefficient (Wildman–Crippen LogP) is 2.90. The summed E-state index contributed by atoms with van der Waals surface area (Å²) in [5.74, 6) is -2.04. The van der Waals surface area contributed by atoms with E-state index in [1.165, 1.54) is 9.75 Å². The summed E-state index contributed by atoms with van der Waals surface area (Å²) < 4.78 is 0. The first-order valence-electron chi connectivity index (χ1n) is 6.76. The maximum atomic E-state index is 12.3.